The summed E-state index contributed by atoms with van der Waals surface area (Å²) in [7, 11) is 0. The van der Waals surface area contributed by atoms with E-state index in [1.54, 1.807) is 12.1 Å². The van der Waals surface area contributed by atoms with Crippen LogP contribution in [-0.4, -0.2) is 63.4 Å². The summed E-state index contributed by atoms with van der Waals surface area (Å²) in [5.41, 5.74) is 12.0. The maximum Gasteiger partial charge on any atom is 0.243 e. The molecule has 1 aromatic carbocycles. The number of nitrogens with zero attached hydrogens (tertiary/aromatic N) is 1. The molecule has 1 aromatic heterocycles. The largest absolute Gasteiger partial charge is 0.508 e. The number of imidazole rings is 1. The molecule has 0 unspecified atom stereocenters. The zero-order chi connectivity index (χ0) is 23.7. The summed E-state index contributed by atoms with van der Waals surface area (Å²) in [4.78, 5) is 55.4. The number of amides is 4. The molecule has 0 aliphatic rings. The van der Waals surface area contributed by atoms with E-state index in [4.69, 9.17) is 11.5 Å². The molecule has 0 spiro atoms. The Kier molecular flexibility index (Phi) is 8.72. The Morgan fingerprint density at radius 2 is 1.72 bits per heavy atom. The van der Waals surface area contributed by atoms with Crippen LogP contribution >= 0.6 is 0 Å². The highest BCUT2D eigenvalue weighted by Crippen LogP contribution is 2.11. The summed E-state index contributed by atoms with van der Waals surface area (Å²) in [5.74, 6) is -2.48. The lowest BCUT2D eigenvalue weighted by molar-refractivity contribution is -0.132. The van der Waals surface area contributed by atoms with Gasteiger partial charge in [-0.3, -0.25) is 19.2 Å². The van der Waals surface area contributed by atoms with E-state index in [0.717, 1.165) is 0 Å². The van der Waals surface area contributed by atoms with Crippen LogP contribution in [0.3, 0.4) is 0 Å². The van der Waals surface area contributed by atoms with Crippen LogP contribution in [-0.2, 0) is 32.0 Å². The number of carbonyl (C=O) groups is 4. The van der Waals surface area contributed by atoms with Crippen LogP contribution in [0.1, 0.15) is 18.2 Å². The Labute approximate surface area is 184 Å². The summed E-state index contributed by atoms with van der Waals surface area (Å²) in [6.45, 7) is 1.12. The van der Waals surface area contributed by atoms with E-state index in [0.29, 0.717) is 11.3 Å². The van der Waals surface area contributed by atoms with Gasteiger partial charge in [0.1, 0.15) is 23.9 Å². The first-order valence-corrected chi connectivity index (χ1v) is 9.84. The fraction of sp³-hybridized carbons (Fsp3) is 0.350. The van der Waals surface area contributed by atoms with Crippen molar-refractivity contribution in [1.29, 1.82) is 0 Å². The molecule has 4 amide bonds. The second kappa shape index (κ2) is 11.5. The van der Waals surface area contributed by atoms with Crippen molar-refractivity contribution in [2.45, 2.75) is 37.9 Å². The highest BCUT2D eigenvalue weighted by molar-refractivity contribution is 5.94. The van der Waals surface area contributed by atoms with Gasteiger partial charge in [0, 0.05) is 24.7 Å². The maximum absolute atomic E-state index is 12.8. The van der Waals surface area contributed by atoms with Gasteiger partial charge >= 0.3 is 0 Å². The maximum atomic E-state index is 12.8. The first kappa shape index (κ1) is 24.3. The van der Waals surface area contributed by atoms with E-state index in [1.165, 1.54) is 31.6 Å². The number of nitrogens with one attached hydrogen (secondary N) is 4. The number of primary amides is 1. The van der Waals surface area contributed by atoms with E-state index < -0.39 is 41.8 Å². The number of hydrogen-bond acceptors (Lipinski definition) is 7. The predicted molar refractivity (Wildman–Crippen MR) is 114 cm³/mol. The quantitative estimate of drug-likeness (QED) is 0.203. The molecular weight excluding hydrogens is 418 g/mol. The SMILES string of the molecule is C[C@H](NC(=O)[C@H](Cc1ccc(O)cc1)NC(=O)CN)C(=O)N[C@@H](Cc1cnc[nH]1)C(N)=O. The van der Waals surface area contributed by atoms with Crippen molar-refractivity contribution in [1.82, 2.24) is 25.9 Å². The summed E-state index contributed by atoms with van der Waals surface area (Å²) < 4.78 is 0. The number of phenols is 1. The van der Waals surface area contributed by atoms with Crippen molar-refractivity contribution in [3.63, 3.8) is 0 Å². The molecule has 9 N–H and O–H groups in total. The third kappa shape index (κ3) is 7.40. The highest BCUT2D eigenvalue weighted by Gasteiger charge is 2.27. The number of aromatic nitrogens is 2. The molecule has 2 aromatic rings. The molecule has 0 saturated heterocycles. The highest BCUT2D eigenvalue weighted by atomic mass is 16.3. The Morgan fingerprint density at radius 3 is 2.28 bits per heavy atom. The Hall–Kier alpha value is -3.93. The average molecular weight is 445 g/mol. The number of aromatic amines is 1. The van der Waals surface area contributed by atoms with Crippen LogP contribution in [0, 0.1) is 0 Å². The number of H-pyrrole nitrogens is 1. The normalized spacial score (nSPS) is 13.4. The summed E-state index contributed by atoms with van der Waals surface area (Å²) in [6, 6.07) is 3.07. The van der Waals surface area contributed by atoms with Crippen LogP contribution < -0.4 is 27.4 Å². The van der Waals surface area contributed by atoms with Crippen LogP contribution in [0.2, 0.25) is 0 Å². The van der Waals surface area contributed by atoms with Gasteiger partial charge in [0.25, 0.3) is 0 Å². The van der Waals surface area contributed by atoms with Crippen LogP contribution in [0.15, 0.2) is 36.8 Å². The lowest BCUT2D eigenvalue weighted by Gasteiger charge is -2.22. The lowest BCUT2D eigenvalue weighted by atomic mass is 10.0. The van der Waals surface area contributed by atoms with Crippen LogP contribution in [0.4, 0.5) is 0 Å². The summed E-state index contributed by atoms with van der Waals surface area (Å²) in [5, 5.41) is 16.9. The average Bonchev–Trinajstić information content (AvgIpc) is 3.27. The monoisotopic (exact) mass is 445 g/mol. The van der Waals surface area contributed by atoms with Gasteiger partial charge in [0.05, 0.1) is 12.9 Å². The fourth-order valence-electron chi connectivity index (χ4n) is 2.85. The van der Waals surface area contributed by atoms with Crippen molar-refractivity contribution in [3.8, 4) is 5.75 Å². The van der Waals surface area contributed by atoms with Crippen molar-refractivity contribution in [2.24, 2.45) is 11.5 Å². The third-order valence-corrected chi connectivity index (χ3v) is 4.60. The molecule has 2 rings (SSSR count). The number of hydrogen-bond donors (Lipinski definition) is 7. The van der Waals surface area contributed by atoms with Crippen molar-refractivity contribution < 1.29 is 24.3 Å². The topological polar surface area (TPSA) is 205 Å². The van der Waals surface area contributed by atoms with Gasteiger partial charge in [-0.1, -0.05) is 12.1 Å². The van der Waals surface area contributed by atoms with Crippen LogP contribution in [0.25, 0.3) is 0 Å². The molecular formula is C20H27N7O5. The van der Waals surface area contributed by atoms with Crippen LogP contribution in [0.5, 0.6) is 5.75 Å². The smallest absolute Gasteiger partial charge is 0.243 e. The minimum atomic E-state index is -1.02. The molecule has 0 aliphatic carbocycles. The van der Waals surface area contributed by atoms with Gasteiger partial charge in [-0.2, -0.15) is 0 Å². The third-order valence-electron chi connectivity index (χ3n) is 4.60. The Bertz CT molecular complexity index is 930. The number of aromatic hydroxyl groups is 1. The number of benzene rings is 1. The summed E-state index contributed by atoms with van der Waals surface area (Å²) in [6.07, 6.45) is 3.15. The Morgan fingerprint density at radius 1 is 1.03 bits per heavy atom. The first-order chi connectivity index (χ1) is 15.2. The number of nitrogens with two attached hydrogens (primary N) is 2. The van der Waals surface area contributed by atoms with E-state index in [1.807, 2.05) is 0 Å². The number of rotatable bonds is 11. The van der Waals surface area contributed by atoms with E-state index in [9.17, 15) is 24.3 Å². The molecule has 32 heavy (non-hydrogen) atoms. The zero-order valence-corrected chi connectivity index (χ0v) is 17.5. The van der Waals surface area contributed by atoms with Gasteiger partial charge in [0.15, 0.2) is 0 Å². The lowest BCUT2D eigenvalue weighted by Crippen LogP contribution is -2.56. The summed E-state index contributed by atoms with van der Waals surface area (Å²) >= 11 is 0. The minimum Gasteiger partial charge on any atom is -0.508 e. The van der Waals surface area contributed by atoms with Gasteiger partial charge in [-0.15, -0.1) is 0 Å². The molecule has 12 heteroatoms. The van der Waals surface area contributed by atoms with Gasteiger partial charge < -0.3 is 37.5 Å². The minimum absolute atomic E-state index is 0.0603. The molecule has 0 fully saturated rings. The fourth-order valence-corrected chi connectivity index (χ4v) is 2.85. The number of carbonyl (C=O) groups excluding carboxylic acids is 4. The second-order valence-corrected chi connectivity index (χ2v) is 7.17. The number of phenolic OH excluding ortho intramolecular Hbond substituents is 1. The predicted octanol–water partition coefficient (Wildman–Crippen LogP) is -2.18. The van der Waals surface area contributed by atoms with Gasteiger partial charge in [0.2, 0.25) is 23.6 Å². The van der Waals surface area contributed by atoms with E-state index >= 15 is 0 Å². The molecule has 0 bridgehead atoms. The molecule has 0 aliphatic heterocycles. The van der Waals surface area contributed by atoms with Gasteiger partial charge in [-0.05, 0) is 24.6 Å². The van der Waals surface area contributed by atoms with Crippen molar-refractivity contribution in [3.05, 3.63) is 48.0 Å². The van der Waals surface area contributed by atoms with E-state index in [2.05, 4.69) is 25.9 Å². The Balaban J connectivity index is 2.02. The van der Waals surface area contributed by atoms with Crippen molar-refractivity contribution in [2.75, 3.05) is 6.54 Å². The molecule has 3 atom stereocenters. The molecule has 1 heterocycles. The van der Waals surface area contributed by atoms with E-state index in [-0.39, 0.29) is 25.1 Å². The molecule has 12 nitrogen and oxygen atoms in total. The first-order valence-electron chi connectivity index (χ1n) is 9.84. The molecule has 0 radical (unpaired) electrons. The molecule has 172 valence electrons. The second-order valence-electron chi connectivity index (χ2n) is 7.17. The molecule has 0 saturated carbocycles. The van der Waals surface area contributed by atoms with Crippen molar-refractivity contribution >= 4 is 23.6 Å². The standard InChI is InChI=1S/C20H27N7O5/c1-11(19(31)27-15(18(22)30)7-13-9-23-10-24-13)25-20(32)16(26-17(29)8-21)6-12-2-4-14(28)5-3-12/h2-5,9-11,15-16,28H,6-8,21H2,1H3,(H2,22,30)(H,23,24)(H,25,32)(H,26,29)(H,27,31)/t11-,15-,16-/m0/s1. The zero-order valence-electron chi connectivity index (χ0n) is 17.5. The van der Waals surface area contributed by atoms with Gasteiger partial charge in [-0.25, -0.2) is 4.98 Å².